The van der Waals surface area contributed by atoms with E-state index in [9.17, 15) is 9.90 Å². The van der Waals surface area contributed by atoms with Gasteiger partial charge < -0.3 is 25.8 Å². The third-order valence-electron chi connectivity index (χ3n) is 6.53. The van der Waals surface area contributed by atoms with Crippen LogP contribution in [0.4, 0.5) is 10.1 Å². The van der Waals surface area contributed by atoms with Crippen molar-refractivity contribution in [1.82, 2.24) is 0 Å². The predicted octanol–water partition coefficient (Wildman–Crippen LogP) is 3.13. The number of hydrogen-bond acceptors (Lipinski definition) is 5. The highest BCUT2D eigenvalue weighted by molar-refractivity contribution is 6.40. The topological polar surface area (TPSA) is 107 Å². The minimum atomic E-state index is -1.39. The molecule has 0 spiro atoms. The number of unbranched alkanes of at least 4 members (excludes halogenated alkanes) is 1. The first-order chi connectivity index (χ1) is 14.7. The van der Waals surface area contributed by atoms with Crippen LogP contribution in [0.5, 0.6) is 0 Å². The summed E-state index contributed by atoms with van der Waals surface area (Å²) in [5.74, 6) is -1.54. The van der Waals surface area contributed by atoms with Gasteiger partial charge in [-0.05, 0) is 43.1 Å². The molecule has 0 amide bonds. The highest BCUT2D eigenvalue weighted by atomic mass is 19.1. The Balaban J connectivity index is 1.66. The molecule has 6 nitrogen and oxygen atoms in total. The molecule has 0 saturated heterocycles. The van der Waals surface area contributed by atoms with Gasteiger partial charge in [0.2, 0.25) is 0 Å². The van der Waals surface area contributed by atoms with Crippen LogP contribution in [0.3, 0.4) is 0 Å². The quantitative estimate of drug-likeness (QED) is 0.342. The Labute approximate surface area is 182 Å². The molecule has 2 aromatic rings. The zero-order valence-electron chi connectivity index (χ0n) is 17.7. The second-order valence-corrected chi connectivity index (χ2v) is 8.51. The molecule has 1 saturated carbocycles. The first-order valence-corrected chi connectivity index (χ1v) is 10.7. The van der Waals surface area contributed by atoms with Gasteiger partial charge in [-0.3, -0.25) is 4.79 Å². The van der Waals surface area contributed by atoms with Crippen LogP contribution in [0.1, 0.15) is 32.1 Å². The highest BCUT2D eigenvalue weighted by Crippen LogP contribution is 2.42. The molecule has 5 N–H and O–H groups in total. The smallest absolute Gasteiger partial charge is 0.451 e. The molecule has 3 rings (SSSR count). The fourth-order valence-corrected chi connectivity index (χ4v) is 4.38. The van der Waals surface area contributed by atoms with Crippen molar-refractivity contribution in [3.05, 3.63) is 54.3 Å². The minimum absolute atomic E-state index is 0.00654. The zero-order valence-corrected chi connectivity index (χ0v) is 17.7. The molecule has 31 heavy (non-hydrogen) atoms. The van der Waals surface area contributed by atoms with Gasteiger partial charge in [0, 0.05) is 18.7 Å². The Hall–Kier alpha value is -2.42. The average Bonchev–Trinajstić information content (AvgIpc) is 2.70. The van der Waals surface area contributed by atoms with Gasteiger partial charge in [0.15, 0.2) is 5.82 Å². The summed E-state index contributed by atoms with van der Waals surface area (Å²) in [5.41, 5.74) is 6.74. The van der Waals surface area contributed by atoms with Gasteiger partial charge in [0.1, 0.15) is 5.54 Å². The average molecular weight is 428 g/mol. The number of carboxylic acid groups (broad SMARTS) is 1. The van der Waals surface area contributed by atoms with Crippen LogP contribution in [0.2, 0.25) is 6.32 Å². The van der Waals surface area contributed by atoms with Crippen molar-refractivity contribution >= 4 is 18.8 Å². The van der Waals surface area contributed by atoms with E-state index in [1.165, 1.54) is 0 Å². The molecule has 1 aliphatic carbocycles. The molecular weight excluding hydrogens is 398 g/mol. The van der Waals surface area contributed by atoms with Gasteiger partial charge >= 0.3 is 13.1 Å². The summed E-state index contributed by atoms with van der Waals surface area (Å²) < 4.78 is 15.3. The Morgan fingerprint density at radius 2 is 1.84 bits per heavy atom. The number of carbonyl (C=O) groups is 1. The maximum atomic E-state index is 15.3. The third-order valence-corrected chi connectivity index (χ3v) is 6.53. The maximum absolute atomic E-state index is 15.3. The van der Waals surface area contributed by atoms with Crippen LogP contribution < -0.4 is 10.6 Å². The molecule has 0 unspecified atom stereocenters. The lowest BCUT2D eigenvalue weighted by Crippen LogP contribution is -2.61. The number of aliphatic carboxylic acids is 1. The van der Waals surface area contributed by atoms with Gasteiger partial charge in [0.05, 0.1) is 5.69 Å². The van der Waals surface area contributed by atoms with Gasteiger partial charge in [-0.1, -0.05) is 55.3 Å². The summed E-state index contributed by atoms with van der Waals surface area (Å²) in [5, 5.41) is 27.6. The van der Waals surface area contributed by atoms with E-state index in [1.807, 2.05) is 48.3 Å². The molecule has 0 bridgehead atoms. The van der Waals surface area contributed by atoms with Crippen molar-refractivity contribution in [3.8, 4) is 11.1 Å². The number of anilines is 1. The van der Waals surface area contributed by atoms with Crippen molar-refractivity contribution in [3.63, 3.8) is 0 Å². The fraction of sp³-hybridized carbons (Fsp3) is 0.435. The molecule has 166 valence electrons. The Kier molecular flexibility index (Phi) is 7.36. The molecule has 0 radical (unpaired) electrons. The van der Waals surface area contributed by atoms with Gasteiger partial charge in [-0.25, -0.2) is 4.39 Å². The first-order valence-electron chi connectivity index (χ1n) is 10.7. The van der Waals surface area contributed by atoms with E-state index in [0.717, 1.165) is 5.56 Å². The summed E-state index contributed by atoms with van der Waals surface area (Å²) in [6, 6.07) is 14.7. The van der Waals surface area contributed by atoms with Crippen molar-refractivity contribution in [1.29, 1.82) is 0 Å². The van der Waals surface area contributed by atoms with Crippen LogP contribution in [0, 0.1) is 11.7 Å². The summed E-state index contributed by atoms with van der Waals surface area (Å²) >= 11 is 0. The summed E-state index contributed by atoms with van der Waals surface area (Å²) in [7, 11) is 0.440. The van der Waals surface area contributed by atoms with E-state index in [4.69, 9.17) is 15.8 Å². The largest absolute Gasteiger partial charge is 0.480 e. The Bertz CT molecular complexity index is 892. The van der Waals surface area contributed by atoms with Gasteiger partial charge in [-0.15, -0.1) is 0 Å². The lowest BCUT2D eigenvalue weighted by molar-refractivity contribution is -0.147. The number of rotatable bonds is 10. The number of carboxylic acids is 1. The molecule has 8 heteroatoms. The lowest BCUT2D eigenvalue weighted by atomic mass is 9.65. The van der Waals surface area contributed by atoms with Crippen molar-refractivity contribution in [2.45, 2.75) is 50.0 Å². The van der Waals surface area contributed by atoms with Crippen LogP contribution in [-0.2, 0) is 4.79 Å². The summed E-state index contributed by atoms with van der Waals surface area (Å²) in [6.45, 7) is 0. The second-order valence-electron chi connectivity index (χ2n) is 8.51. The summed E-state index contributed by atoms with van der Waals surface area (Å²) in [6.07, 6.45) is 2.60. The SMILES string of the molecule is CN(c1cccc(-c2ccccc2)c1F)[C@H]1C[C@H]([C@@](N)(CCCCB(O)O)C(=O)O)C1. The number of nitrogens with two attached hydrogens (primary N) is 1. The van der Waals surface area contributed by atoms with E-state index >= 15 is 4.39 Å². The zero-order chi connectivity index (χ0) is 22.6. The normalized spacial score (nSPS) is 19.9. The van der Waals surface area contributed by atoms with E-state index in [2.05, 4.69) is 0 Å². The molecule has 1 aliphatic rings. The molecule has 2 aromatic carbocycles. The highest BCUT2D eigenvalue weighted by Gasteiger charge is 2.49. The lowest BCUT2D eigenvalue weighted by Gasteiger charge is -2.48. The van der Waals surface area contributed by atoms with Crippen LogP contribution in [0.15, 0.2) is 48.5 Å². The molecule has 1 fully saturated rings. The third kappa shape index (κ3) is 5.09. The van der Waals surface area contributed by atoms with Crippen LogP contribution in [-0.4, -0.2) is 46.9 Å². The second kappa shape index (κ2) is 9.81. The fourth-order valence-electron chi connectivity index (χ4n) is 4.38. The van der Waals surface area contributed by atoms with Gasteiger partial charge in [-0.2, -0.15) is 0 Å². The van der Waals surface area contributed by atoms with Gasteiger partial charge in [0.25, 0.3) is 0 Å². The number of nitrogens with zero attached hydrogens (tertiary/aromatic N) is 1. The number of halogens is 1. The Morgan fingerprint density at radius 1 is 1.16 bits per heavy atom. The van der Waals surface area contributed by atoms with Crippen molar-refractivity contribution in [2.75, 3.05) is 11.9 Å². The van der Waals surface area contributed by atoms with E-state index in [0.29, 0.717) is 36.9 Å². The Morgan fingerprint density at radius 3 is 2.45 bits per heavy atom. The molecule has 0 heterocycles. The van der Waals surface area contributed by atoms with E-state index < -0.39 is 18.6 Å². The van der Waals surface area contributed by atoms with Crippen molar-refractivity contribution in [2.24, 2.45) is 11.7 Å². The standard InChI is InChI=1S/C23H30BFN2O4/c1-27(20-11-7-10-19(21(20)25)16-8-3-2-4-9-16)18-14-17(15-18)23(26,22(28)29)12-5-6-13-24(30)31/h2-4,7-11,17-18,30-31H,5-6,12-15,26H2,1H3,(H,28,29)/t17-,18-,23-/m0/s1. The van der Waals surface area contributed by atoms with Crippen LogP contribution >= 0.6 is 0 Å². The minimum Gasteiger partial charge on any atom is -0.480 e. The van der Waals surface area contributed by atoms with E-state index in [-0.39, 0.29) is 30.5 Å². The molecular formula is C23H30BFN2O4. The van der Waals surface area contributed by atoms with Crippen LogP contribution in [0.25, 0.3) is 11.1 Å². The first kappa shape index (κ1) is 23.3. The number of benzene rings is 2. The van der Waals surface area contributed by atoms with E-state index in [1.54, 1.807) is 12.1 Å². The molecule has 0 aromatic heterocycles. The maximum Gasteiger partial charge on any atom is 0.451 e. The number of hydrogen-bond donors (Lipinski definition) is 4. The summed E-state index contributed by atoms with van der Waals surface area (Å²) in [4.78, 5) is 13.8. The molecule has 0 aliphatic heterocycles. The van der Waals surface area contributed by atoms with Crippen molar-refractivity contribution < 1.29 is 24.3 Å². The predicted molar refractivity (Wildman–Crippen MR) is 120 cm³/mol. The molecule has 1 atom stereocenters. The monoisotopic (exact) mass is 428 g/mol.